The topological polar surface area (TPSA) is 132 Å². The van der Waals surface area contributed by atoms with Gasteiger partial charge in [-0.05, 0) is 12.8 Å². The zero-order chi connectivity index (χ0) is 42.5. The maximum absolute atomic E-state index is 12.7. The van der Waals surface area contributed by atoms with E-state index in [1.165, 1.54) is 205 Å². The molecule has 0 aromatic carbocycles. The zero-order valence-electron chi connectivity index (χ0n) is 38.3. The summed E-state index contributed by atoms with van der Waals surface area (Å²) in [5.74, 6) is -0.374. The first-order valence-corrected chi connectivity index (χ1v) is 26.5. The van der Waals surface area contributed by atoms with E-state index in [9.17, 15) is 19.4 Å². The fraction of sp³-hybridized carbons (Fsp3) is 0.979. The van der Waals surface area contributed by atoms with Gasteiger partial charge in [0, 0.05) is 13.0 Å². The van der Waals surface area contributed by atoms with Crippen LogP contribution in [0.3, 0.4) is 0 Å². The number of esters is 1. The second-order valence-corrected chi connectivity index (χ2v) is 18.7. The van der Waals surface area contributed by atoms with E-state index in [0.717, 1.165) is 32.1 Å². The van der Waals surface area contributed by atoms with E-state index in [-0.39, 0.29) is 25.6 Å². The van der Waals surface area contributed by atoms with Gasteiger partial charge in [0.2, 0.25) is 0 Å². The number of phosphoric acid groups is 1. The molecule has 0 bridgehead atoms. The Hall–Kier alpha value is -0.540. The molecule has 0 aromatic rings. The Morgan fingerprint density at radius 2 is 0.776 bits per heavy atom. The predicted octanol–water partition coefficient (Wildman–Crippen LogP) is 14.3. The Labute approximate surface area is 358 Å². The molecule has 0 radical (unpaired) electrons. The maximum Gasteiger partial charge on any atom is 0.472 e. The normalized spacial score (nSPS) is 13.8. The smallest absolute Gasteiger partial charge is 0.457 e. The Balaban J connectivity index is 4.02. The molecule has 0 saturated heterocycles. The van der Waals surface area contributed by atoms with E-state index in [2.05, 4.69) is 13.8 Å². The van der Waals surface area contributed by atoms with Crippen molar-refractivity contribution in [3.05, 3.63) is 0 Å². The third kappa shape index (κ3) is 45.0. The molecule has 0 saturated carbocycles. The molecule has 58 heavy (non-hydrogen) atoms. The molecule has 3 atom stereocenters. The second kappa shape index (κ2) is 46.0. The summed E-state index contributed by atoms with van der Waals surface area (Å²) < 4.78 is 33.5. The molecule has 0 spiro atoms. The molecule has 0 aliphatic rings. The van der Waals surface area contributed by atoms with Gasteiger partial charge in [-0.25, -0.2) is 4.57 Å². The molecule has 0 aromatic heterocycles. The van der Waals surface area contributed by atoms with Crippen LogP contribution in [0.5, 0.6) is 0 Å². The quantitative estimate of drug-likeness (QED) is 0.0311. The van der Waals surface area contributed by atoms with Crippen molar-refractivity contribution in [2.45, 2.75) is 270 Å². The summed E-state index contributed by atoms with van der Waals surface area (Å²) in [6.07, 6.45) is 46.4. The molecule has 9 nitrogen and oxygen atoms in total. The zero-order valence-corrected chi connectivity index (χ0v) is 39.2. The lowest BCUT2D eigenvalue weighted by molar-refractivity contribution is -0.154. The number of carbonyl (C=O) groups excluding carboxylic acids is 1. The van der Waals surface area contributed by atoms with Crippen LogP contribution in [-0.2, 0) is 27.9 Å². The van der Waals surface area contributed by atoms with Crippen LogP contribution in [0.15, 0.2) is 0 Å². The first-order valence-electron chi connectivity index (χ1n) is 25.0. The van der Waals surface area contributed by atoms with Crippen LogP contribution in [0.1, 0.15) is 258 Å². The monoisotopic (exact) mass is 849 g/mol. The SMILES string of the molecule is CCCCCCCCCCCCCCCCCCCCCCOC[C@H](COP(=O)(O)OC[C@@H](O)CO)OC(=O)CCCCCCCCCCCCCCCCCCC. The second-order valence-electron chi connectivity index (χ2n) is 17.2. The number of rotatable bonds is 49. The molecule has 0 rings (SSSR count). The number of hydrogen-bond acceptors (Lipinski definition) is 8. The average molecular weight is 849 g/mol. The number of unbranched alkanes of at least 4 members (excludes halogenated alkanes) is 35. The van der Waals surface area contributed by atoms with E-state index < -0.39 is 33.2 Å². The molecule has 1 unspecified atom stereocenters. The van der Waals surface area contributed by atoms with Crippen LogP contribution < -0.4 is 0 Å². The Kier molecular flexibility index (Phi) is 45.5. The fourth-order valence-corrected chi connectivity index (χ4v) is 8.27. The van der Waals surface area contributed by atoms with E-state index in [1.54, 1.807) is 0 Å². The van der Waals surface area contributed by atoms with E-state index in [1.807, 2.05) is 0 Å². The predicted molar refractivity (Wildman–Crippen MR) is 242 cm³/mol. The van der Waals surface area contributed by atoms with E-state index >= 15 is 0 Å². The lowest BCUT2D eigenvalue weighted by Gasteiger charge is -2.20. The summed E-state index contributed by atoms with van der Waals surface area (Å²) in [6.45, 7) is 3.60. The van der Waals surface area contributed by atoms with E-state index in [0.29, 0.717) is 6.61 Å². The lowest BCUT2D eigenvalue weighted by atomic mass is 10.0. The van der Waals surface area contributed by atoms with Gasteiger partial charge in [-0.15, -0.1) is 0 Å². The number of aliphatic hydroxyl groups excluding tert-OH is 2. The average Bonchev–Trinajstić information content (AvgIpc) is 3.21. The summed E-state index contributed by atoms with van der Waals surface area (Å²) in [4.78, 5) is 22.7. The standard InChI is InChI=1S/C48H97O9P/c1-3-5-7-9-11-13-15-17-19-21-22-23-25-27-29-31-33-35-37-39-41-54-44-47(45-56-58(52,53)55-43-46(50)42-49)57-48(51)40-38-36-34-32-30-28-26-24-20-18-16-14-12-10-8-6-4-2/h46-47,49-50H,3-45H2,1-2H3,(H,52,53)/t46-,47+/m0/s1. The lowest BCUT2D eigenvalue weighted by Crippen LogP contribution is -2.29. The number of hydrogen-bond donors (Lipinski definition) is 3. The number of aliphatic hydroxyl groups is 2. The molecular formula is C48H97O9P. The molecule has 3 N–H and O–H groups in total. The Bertz CT molecular complexity index is 876. The van der Waals surface area contributed by atoms with Gasteiger partial charge in [0.05, 0.1) is 26.4 Å². The first kappa shape index (κ1) is 57.5. The summed E-state index contributed by atoms with van der Waals surface area (Å²) in [7, 11) is -4.51. The number of phosphoric ester groups is 1. The Morgan fingerprint density at radius 1 is 0.466 bits per heavy atom. The van der Waals surface area contributed by atoms with Gasteiger partial charge in [0.25, 0.3) is 0 Å². The van der Waals surface area contributed by atoms with Crippen molar-refractivity contribution in [2.24, 2.45) is 0 Å². The van der Waals surface area contributed by atoms with Crippen molar-refractivity contribution < 1.29 is 43.0 Å². The summed E-state index contributed by atoms with van der Waals surface area (Å²) in [5.41, 5.74) is 0. The number of ether oxygens (including phenoxy) is 2. The van der Waals surface area contributed by atoms with Crippen LogP contribution >= 0.6 is 7.82 Å². The van der Waals surface area contributed by atoms with E-state index in [4.69, 9.17) is 23.6 Å². The van der Waals surface area contributed by atoms with Gasteiger partial charge >= 0.3 is 13.8 Å². The minimum Gasteiger partial charge on any atom is -0.457 e. The molecule has 0 fully saturated rings. The van der Waals surface area contributed by atoms with Crippen LogP contribution in [0.4, 0.5) is 0 Å². The molecule has 0 aliphatic carbocycles. The van der Waals surface area contributed by atoms with Crippen LogP contribution in [-0.4, -0.2) is 66.3 Å². The van der Waals surface area contributed by atoms with Gasteiger partial charge in [-0.2, -0.15) is 0 Å². The van der Waals surface area contributed by atoms with Gasteiger partial charge in [-0.1, -0.05) is 239 Å². The molecule has 0 amide bonds. The van der Waals surface area contributed by atoms with Crippen molar-refractivity contribution in [1.29, 1.82) is 0 Å². The third-order valence-electron chi connectivity index (χ3n) is 11.3. The number of carbonyl (C=O) groups is 1. The van der Waals surface area contributed by atoms with Crippen molar-refractivity contribution in [1.82, 2.24) is 0 Å². The minimum atomic E-state index is -4.51. The van der Waals surface area contributed by atoms with Crippen molar-refractivity contribution in [3.8, 4) is 0 Å². The molecule has 348 valence electrons. The highest BCUT2D eigenvalue weighted by atomic mass is 31.2. The van der Waals surface area contributed by atoms with Gasteiger partial charge in [0.15, 0.2) is 0 Å². The largest absolute Gasteiger partial charge is 0.472 e. The minimum absolute atomic E-state index is 0.0587. The summed E-state index contributed by atoms with van der Waals surface area (Å²) in [5, 5.41) is 18.4. The van der Waals surface area contributed by atoms with Crippen LogP contribution in [0, 0.1) is 0 Å². The summed E-state index contributed by atoms with van der Waals surface area (Å²) in [6, 6.07) is 0. The van der Waals surface area contributed by atoms with Gasteiger partial charge in [-0.3, -0.25) is 13.8 Å². The fourth-order valence-electron chi connectivity index (χ4n) is 7.48. The molecule has 0 heterocycles. The highest BCUT2D eigenvalue weighted by Gasteiger charge is 2.26. The van der Waals surface area contributed by atoms with Crippen molar-refractivity contribution in [3.63, 3.8) is 0 Å². The first-order chi connectivity index (χ1) is 28.3. The molecule has 0 aliphatic heterocycles. The molecule has 10 heteroatoms. The van der Waals surface area contributed by atoms with Crippen molar-refractivity contribution >= 4 is 13.8 Å². The van der Waals surface area contributed by atoms with Crippen LogP contribution in [0.25, 0.3) is 0 Å². The Morgan fingerprint density at radius 3 is 1.12 bits per heavy atom. The maximum atomic E-state index is 12.7. The van der Waals surface area contributed by atoms with Gasteiger partial charge in [0.1, 0.15) is 12.2 Å². The highest BCUT2D eigenvalue weighted by Crippen LogP contribution is 2.43. The summed E-state index contributed by atoms with van der Waals surface area (Å²) >= 11 is 0. The van der Waals surface area contributed by atoms with Crippen molar-refractivity contribution in [2.75, 3.05) is 33.0 Å². The third-order valence-corrected chi connectivity index (χ3v) is 12.2. The molecular weight excluding hydrogens is 751 g/mol. The van der Waals surface area contributed by atoms with Gasteiger partial charge < -0.3 is 24.6 Å². The van der Waals surface area contributed by atoms with Crippen LogP contribution in [0.2, 0.25) is 0 Å². The highest BCUT2D eigenvalue weighted by molar-refractivity contribution is 7.47.